The summed E-state index contributed by atoms with van der Waals surface area (Å²) in [5.41, 5.74) is 5.85. The minimum atomic E-state index is -1.06. The molecule has 6 rings (SSSR count). The van der Waals surface area contributed by atoms with Gasteiger partial charge in [0.05, 0.1) is 17.7 Å². The summed E-state index contributed by atoms with van der Waals surface area (Å²) in [4.78, 5) is 49.9. The molecule has 0 amide bonds. The van der Waals surface area contributed by atoms with E-state index >= 15 is 4.79 Å². The first-order chi connectivity index (χ1) is 21.9. The molecule has 0 aromatic rings. The van der Waals surface area contributed by atoms with Crippen molar-refractivity contribution in [2.45, 2.75) is 150 Å². The summed E-state index contributed by atoms with van der Waals surface area (Å²) in [6.07, 6.45) is 5.69. The van der Waals surface area contributed by atoms with Gasteiger partial charge in [0.2, 0.25) is 6.29 Å². The van der Waals surface area contributed by atoms with Crippen molar-refractivity contribution in [2.75, 3.05) is 6.61 Å². The standard InChI is InChI=1S/C38H59NO8/c1-10-33(5,6)32(45-23(4)42)24-19-21(2)29-30(46-24)31(43)38(39)26-12-11-25-34(7,8)27(47-28(20-41)44-18-17-40)13-14-36(25)22(3)37(26,36)16-15-35(29,38)9/h17,20-22,24-30,32H,10-16,18-19,39H2,1-9H3. The SMILES string of the molecule is CCC(C)(C)C(OC(C)=O)C1CC(C)C2C(O1)C(=O)C1(N)C3CCC4C(C)(C)C(OC(C=O)OCC=O)CCC45C(C)C35CCC21C. The number of fused-ring (bicyclic) bond motifs is 4. The molecule has 0 bridgehead atoms. The monoisotopic (exact) mass is 657 g/mol. The fourth-order valence-electron chi connectivity index (χ4n) is 13.4. The third-order valence-electron chi connectivity index (χ3n) is 15.7. The Labute approximate surface area is 281 Å². The van der Waals surface area contributed by atoms with Crippen molar-refractivity contribution in [3.8, 4) is 0 Å². The van der Waals surface area contributed by atoms with Crippen molar-refractivity contribution < 1.29 is 38.1 Å². The maximum atomic E-state index is 15.0. The van der Waals surface area contributed by atoms with E-state index in [9.17, 15) is 14.4 Å². The zero-order chi connectivity index (χ0) is 34.5. The summed E-state index contributed by atoms with van der Waals surface area (Å²) < 4.78 is 24.4. The molecule has 5 saturated carbocycles. The largest absolute Gasteiger partial charge is 0.459 e. The number of hydrogen-bond donors (Lipinski definition) is 1. The number of ketones is 1. The van der Waals surface area contributed by atoms with Gasteiger partial charge >= 0.3 is 5.97 Å². The Morgan fingerprint density at radius 2 is 1.72 bits per heavy atom. The maximum Gasteiger partial charge on any atom is 0.303 e. The smallest absolute Gasteiger partial charge is 0.303 e. The number of hydrogen-bond acceptors (Lipinski definition) is 9. The average molecular weight is 658 g/mol. The molecule has 6 fully saturated rings. The number of Topliss-reactive ketones (excluding diaryl/α,β-unsaturated/α-hetero) is 1. The fraction of sp³-hybridized carbons (Fsp3) is 0.895. The summed E-state index contributed by atoms with van der Waals surface area (Å²) in [6, 6.07) is 0. The zero-order valence-electron chi connectivity index (χ0n) is 30.1. The lowest BCUT2D eigenvalue weighted by molar-refractivity contribution is -0.217. The molecule has 14 unspecified atom stereocenters. The molecule has 1 saturated heterocycles. The third-order valence-corrected chi connectivity index (χ3v) is 15.7. The van der Waals surface area contributed by atoms with E-state index in [0.717, 1.165) is 51.4 Å². The topological polar surface area (TPSA) is 131 Å². The molecule has 5 aliphatic carbocycles. The van der Waals surface area contributed by atoms with Crippen LogP contribution in [0.4, 0.5) is 0 Å². The molecule has 1 heterocycles. The normalized spacial score (nSPS) is 47.7. The molecule has 0 aromatic heterocycles. The summed E-state index contributed by atoms with van der Waals surface area (Å²) in [7, 11) is 0. The van der Waals surface area contributed by atoms with Gasteiger partial charge in [-0.3, -0.25) is 14.4 Å². The van der Waals surface area contributed by atoms with Crippen LogP contribution in [0.15, 0.2) is 0 Å². The molecule has 2 N–H and O–H groups in total. The lowest BCUT2D eigenvalue weighted by atomic mass is 9.43. The van der Waals surface area contributed by atoms with Gasteiger partial charge in [0, 0.05) is 18.3 Å². The van der Waals surface area contributed by atoms with Gasteiger partial charge in [-0.25, -0.2) is 0 Å². The van der Waals surface area contributed by atoms with Crippen molar-refractivity contribution in [3.63, 3.8) is 0 Å². The van der Waals surface area contributed by atoms with Gasteiger partial charge < -0.3 is 29.5 Å². The molecule has 0 radical (unpaired) electrons. The van der Waals surface area contributed by atoms with Gasteiger partial charge in [0.25, 0.3) is 0 Å². The van der Waals surface area contributed by atoms with Gasteiger partial charge in [-0.05, 0) is 96.7 Å². The first-order valence-electron chi connectivity index (χ1n) is 18.3. The van der Waals surface area contributed by atoms with Crippen LogP contribution in [0.5, 0.6) is 0 Å². The number of rotatable bonds is 10. The molecule has 2 spiro atoms. The van der Waals surface area contributed by atoms with E-state index < -0.39 is 24.0 Å². The molecule has 9 heteroatoms. The zero-order valence-corrected chi connectivity index (χ0v) is 30.1. The van der Waals surface area contributed by atoms with Crippen molar-refractivity contribution in [1.29, 1.82) is 0 Å². The van der Waals surface area contributed by atoms with E-state index in [1.807, 2.05) is 0 Å². The van der Waals surface area contributed by atoms with Crippen LogP contribution in [0.2, 0.25) is 0 Å². The Kier molecular flexibility index (Phi) is 8.55. The van der Waals surface area contributed by atoms with Crippen molar-refractivity contribution in [2.24, 2.45) is 62.4 Å². The van der Waals surface area contributed by atoms with Gasteiger partial charge in [0.15, 0.2) is 12.1 Å². The van der Waals surface area contributed by atoms with E-state index in [1.165, 1.54) is 6.92 Å². The van der Waals surface area contributed by atoms with Crippen molar-refractivity contribution in [1.82, 2.24) is 0 Å². The lowest BCUT2D eigenvalue weighted by Crippen LogP contribution is -2.69. The fourth-order valence-corrected chi connectivity index (χ4v) is 13.4. The minimum Gasteiger partial charge on any atom is -0.459 e. The summed E-state index contributed by atoms with van der Waals surface area (Å²) in [6.45, 7) is 19.0. The van der Waals surface area contributed by atoms with E-state index in [-0.39, 0.29) is 75.4 Å². The van der Waals surface area contributed by atoms with Gasteiger partial charge in [-0.1, -0.05) is 55.4 Å². The molecule has 0 aromatic carbocycles. The number of carbonyl (C=O) groups excluding carboxylic acids is 4. The van der Waals surface area contributed by atoms with Crippen LogP contribution >= 0.6 is 0 Å². The van der Waals surface area contributed by atoms with Crippen LogP contribution in [0.25, 0.3) is 0 Å². The third kappa shape index (κ3) is 4.47. The number of ether oxygens (including phenoxy) is 4. The summed E-state index contributed by atoms with van der Waals surface area (Å²) >= 11 is 0. The summed E-state index contributed by atoms with van der Waals surface area (Å²) in [5, 5.41) is 0. The van der Waals surface area contributed by atoms with Crippen molar-refractivity contribution in [3.05, 3.63) is 0 Å². The lowest BCUT2D eigenvalue weighted by Gasteiger charge is -2.62. The van der Waals surface area contributed by atoms with E-state index in [0.29, 0.717) is 24.4 Å². The van der Waals surface area contributed by atoms with E-state index in [4.69, 9.17) is 24.7 Å². The minimum absolute atomic E-state index is 0.0197. The molecule has 264 valence electrons. The molecule has 1 aliphatic heterocycles. The molecular weight excluding hydrogens is 598 g/mol. The molecule has 47 heavy (non-hydrogen) atoms. The average Bonchev–Trinajstić information content (AvgIpc) is 3.49. The predicted octanol–water partition coefficient (Wildman–Crippen LogP) is 5.44. The molecule has 6 aliphatic rings. The molecule has 14 atom stereocenters. The van der Waals surface area contributed by atoms with Crippen LogP contribution in [0.1, 0.15) is 114 Å². The maximum absolute atomic E-state index is 15.0. The Morgan fingerprint density at radius 1 is 1.06 bits per heavy atom. The molecule has 9 nitrogen and oxygen atoms in total. The van der Waals surface area contributed by atoms with Crippen molar-refractivity contribution >= 4 is 24.3 Å². The van der Waals surface area contributed by atoms with Gasteiger partial charge in [0.1, 0.15) is 25.1 Å². The van der Waals surface area contributed by atoms with Crippen LogP contribution in [0.3, 0.4) is 0 Å². The number of esters is 1. The second-order valence-electron chi connectivity index (χ2n) is 17.8. The Hall–Kier alpha value is -1.68. The first kappa shape index (κ1) is 35.2. The molecular formula is C38H59NO8. The number of aldehydes is 2. The highest BCUT2D eigenvalue weighted by Crippen LogP contribution is 2.89. The van der Waals surface area contributed by atoms with E-state index in [1.54, 1.807) is 0 Å². The number of nitrogens with two attached hydrogens (primary N) is 1. The van der Waals surface area contributed by atoms with Gasteiger partial charge in [-0.2, -0.15) is 0 Å². The first-order valence-corrected chi connectivity index (χ1v) is 18.3. The highest BCUT2D eigenvalue weighted by Gasteiger charge is 2.88. The Morgan fingerprint density at radius 3 is 2.34 bits per heavy atom. The second-order valence-corrected chi connectivity index (χ2v) is 17.8. The number of carbonyl (C=O) groups is 4. The van der Waals surface area contributed by atoms with Crippen LogP contribution < -0.4 is 5.73 Å². The van der Waals surface area contributed by atoms with Crippen LogP contribution in [-0.4, -0.2) is 67.2 Å². The quantitative estimate of drug-likeness (QED) is 0.185. The Bertz CT molecular complexity index is 1300. The van der Waals surface area contributed by atoms with Crippen LogP contribution in [-0.2, 0) is 38.1 Å². The highest BCUT2D eigenvalue weighted by molar-refractivity contribution is 5.97. The second kappa shape index (κ2) is 11.4. The highest BCUT2D eigenvalue weighted by atomic mass is 16.7. The van der Waals surface area contributed by atoms with Crippen LogP contribution in [0, 0.1) is 56.7 Å². The Balaban J connectivity index is 1.30. The predicted molar refractivity (Wildman–Crippen MR) is 175 cm³/mol. The summed E-state index contributed by atoms with van der Waals surface area (Å²) in [5.74, 6) is 0.789. The van der Waals surface area contributed by atoms with Gasteiger partial charge in [-0.15, -0.1) is 0 Å². The van der Waals surface area contributed by atoms with E-state index in [2.05, 4.69) is 55.4 Å².